The van der Waals surface area contributed by atoms with Gasteiger partial charge in [-0.15, -0.1) is 0 Å². The van der Waals surface area contributed by atoms with E-state index in [9.17, 15) is 0 Å². The lowest BCUT2D eigenvalue weighted by atomic mass is 9.70. The third kappa shape index (κ3) is 8.31. The quantitative estimate of drug-likeness (QED) is 0.0574. The van der Waals surface area contributed by atoms with Gasteiger partial charge in [-0.2, -0.15) is 0 Å². The highest BCUT2D eigenvalue weighted by atomic mass is 127. The summed E-state index contributed by atoms with van der Waals surface area (Å²) in [7, 11) is -5.71. The van der Waals surface area contributed by atoms with Crippen molar-refractivity contribution in [1.29, 1.82) is 0 Å². The second-order valence-corrected chi connectivity index (χ2v) is 28.7. The Morgan fingerprint density at radius 1 is 0.397 bits per heavy atom. The zero-order valence-corrected chi connectivity index (χ0v) is 41.3. The van der Waals surface area contributed by atoms with E-state index in [1.165, 1.54) is 29.5 Å². The van der Waals surface area contributed by atoms with Gasteiger partial charge in [-0.05, 0) is 112 Å². The summed E-state index contributed by atoms with van der Waals surface area (Å²) >= 11 is 2.37. The number of rotatable bonds is 10. The van der Waals surface area contributed by atoms with Gasteiger partial charge in [-0.1, -0.05) is 241 Å². The summed E-state index contributed by atoms with van der Waals surface area (Å²) in [6.07, 6.45) is 0. The molecule has 0 bridgehead atoms. The first-order valence-electron chi connectivity index (χ1n) is 21.9. The maximum absolute atomic E-state index is 7.76. The molecular formula is C59H55IOSi2. The standard InChI is InChI=1S/C59H55IOSi2/c1-57(2,3)62(52-29-14-8-15-30-52,53-31-16-9-17-32-53)56-37-23-27-49(45-56)59(47-24-12-7-13-25-47,43-42-46-38-40-50(60)41-39-46)48-26-22-28-51(44-48)61-63(58(4,5)6,54-33-18-10-19-34-54)55-35-20-11-21-36-55/h7-41,44-45H,1-6H3. The molecule has 0 N–H and O–H groups in total. The van der Waals surface area contributed by atoms with Crippen molar-refractivity contribution in [3.8, 4) is 17.6 Å². The van der Waals surface area contributed by atoms with Crippen molar-refractivity contribution < 1.29 is 4.43 Å². The third-order valence-corrected chi connectivity index (χ3v) is 24.2. The molecule has 0 radical (unpaired) electrons. The largest absolute Gasteiger partial charge is 0.534 e. The van der Waals surface area contributed by atoms with E-state index < -0.39 is 21.8 Å². The fourth-order valence-corrected chi connectivity index (χ4v) is 20.4. The minimum atomic E-state index is -2.97. The van der Waals surface area contributed by atoms with Crippen LogP contribution in [0.4, 0.5) is 0 Å². The second-order valence-electron chi connectivity index (χ2n) is 18.5. The van der Waals surface area contributed by atoms with Crippen molar-refractivity contribution in [2.45, 2.75) is 57.0 Å². The Kier molecular flexibility index (Phi) is 12.7. The van der Waals surface area contributed by atoms with Gasteiger partial charge in [0.1, 0.15) is 11.2 Å². The maximum atomic E-state index is 7.76. The molecule has 63 heavy (non-hydrogen) atoms. The van der Waals surface area contributed by atoms with Crippen LogP contribution in [-0.4, -0.2) is 16.4 Å². The summed E-state index contributed by atoms with van der Waals surface area (Å²) < 4.78 is 8.94. The molecule has 1 atom stereocenters. The molecule has 0 heterocycles. The van der Waals surface area contributed by atoms with E-state index in [1.807, 2.05) is 0 Å². The maximum Gasteiger partial charge on any atom is 0.319 e. The molecule has 0 spiro atoms. The van der Waals surface area contributed by atoms with Crippen molar-refractivity contribution in [2.24, 2.45) is 0 Å². The Labute approximate surface area is 391 Å². The molecule has 1 unspecified atom stereocenters. The Morgan fingerprint density at radius 3 is 1.29 bits per heavy atom. The molecule has 0 amide bonds. The summed E-state index contributed by atoms with van der Waals surface area (Å²) in [6, 6.07) is 82.0. The van der Waals surface area contributed by atoms with Gasteiger partial charge in [0.15, 0.2) is 8.07 Å². The second kappa shape index (κ2) is 18.2. The van der Waals surface area contributed by atoms with Crippen LogP contribution in [0.5, 0.6) is 5.75 Å². The zero-order valence-electron chi connectivity index (χ0n) is 37.1. The molecule has 8 rings (SSSR count). The molecule has 0 saturated heterocycles. The summed E-state index contributed by atoms with van der Waals surface area (Å²) in [4.78, 5) is 0. The van der Waals surface area contributed by atoms with E-state index in [-0.39, 0.29) is 10.1 Å². The van der Waals surface area contributed by atoms with Crippen molar-refractivity contribution in [3.63, 3.8) is 0 Å². The van der Waals surface area contributed by atoms with Crippen LogP contribution in [0, 0.1) is 15.4 Å². The van der Waals surface area contributed by atoms with Gasteiger partial charge in [-0.25, -0.2) is 0 Å². The average Bonchev–Trinajstić information content (AvgIpc) is 3.30. The van der Waals surface area contributed by atoms with Crippen LogP contribution < -0.4 is 30.4 Å². The highest BCUT2D eigenvalue weighted by molar-refractivity contribution is 14.1. The fourth-order valence-electron chi connectivity index (χ4n) is 9.88. The van der Waals surface area contributed by atoms with Crippen LogP contribution >= 0.6 is 22.6 Å². The predicted octanol–water partition coefficient (Wildman–Crippen LogP) is 11.9. The van der Waals surface area contributed by atoms with Gasteiger partial charge in [0, 0.05) is 9.13 Å². The molecule has 0 fully saturated rings. The van der Waals surface area contributed by atoms with Crippen molar-refractivity contribution in [3.05, 3.63) is 250 Å². The van der Waals surface area contributed by atoms with Gasteiger partial charge in [-0.3, -0.25) is 0 Å². The van der Waals surface area contributed by atoms with Gasteiger partial charge < -0.3 is 4.43 Å². The van der Waals surface area contributed by atoms with E-state index in [1.54, 1.807) is 0 Å². The summed E-state index contributed by atoms with van der Waals surface area (Å²) in [5.74, 6) is 8.58. The number of halogens is 1. The highest BCUT2D eigenvalue weighted by Gasteiger charge is 2.53. The lowest BCUT2D eigenvalue weighted by molar-refractivity contribution is 0.507. The molecule has 0 aliphatic carbocycles. The molecule has 312 valence electrons. The lowest BCUT2D eigenvalue weighted by Gasteiger charge is -2.45. The highest BCUT2D eigenvalue weighted by Crippen LogP contribution is 2.43. The molecule has 0 aromatic heterocycles. The van der Waals surface area contributed by atoms with Crippen molar-refractivity contribution in [1.82, 2.24) is 0 Å². The molecule has 8 aromatic rings. The molecule has 1 nitrogen and oxygen atoms in total. The molecule has 8 aromatic carbocycles. The first kappa shape index (κ1) is 43.9. The molecule has 4 heteroatoms. The Hall–Kier alpha value is -5.72. The lowest BCUT2D eigenvalue weighted by Crippen LogP contribution is -2.72. The number of hydrogen-bond donors (Lipinski definition) is 0. The monoisotopic (exact) mass is 962 g/mol. The Balaban J connectivity index is 1.44. The van der Waals surface area contributed by atoms with Crippen LogP contribution in [0.3, 0.4) is 0 Å². The molecule has 0 aliphatic rings. The summed E-state index contributed by atoms with van der Waals surface area (Å²) in [5, 5.41) is 6.28. The van der Waals surface area contributed by atoms with Crippen molar-refractivity contribution >= 4 is 64.9 Å². The molecule has 0 aliphatic heterocycles. The van der Waals surface area contributed by atoms with Gasteiger partial charge in [0.05, 0.1) is 0 Å². The SMILES string of the molecule is CC(C)(C)[Si](Oc1cccc(C(C#Cc2ccc(I)cc2)(c2ccccc2)c2cccc([Si](c3ccccc3)(c3ccccc3)C(C)(C)C)c2)c1)(c1ccccc1)c1ccccc1. The zero-order chi connectivity index (χ0) is 44.1. The first-order chi connectivity index (χ1) is 30.4. The normalized spacial score (nSPS) is 13.0. The van der Waals surface area contributed by atoms with Crippen LogP contribution in [0.15, 0.2) is 224 Å². The smallest absolute Gasteiger partial charge is 0.319 e. The van der Waals surface area contributed by atoms with Crippen LogP contribution in [0.1, 0.15) is 63.8 Å². The van der Waals surface area contributed by atoms with Gasteiger partial charge >= 0.3 is 8.32 Å². The van der Waals surface area contributed by atoms with E-state index >= 15 is 0 Å². The van der Waals surface area contributed by atoms with Gasteiger partial charge in [0.25, 0.3) is 0 Å². The van der Waals surface area contributed by atoms with E-state index in [4.69, 9.17) is 4.43 Å². The first-order valence-corrected chi connectivity index (χ1v) is 26.9. The van der Waals surface area contributed by atoms with E-state index in [0.717, 1.165) is 28.0 Å². The Morgan fingerprint density at radius 2 is 0.810 bits per heavy atom. The number of hydrogen-bond acceptors (Lipinski definition) is 1. The summed E-state index contributed by atoms with van der Waals surface area (Å²) in [6.45, 7) is 14.3. The van der Waals surface area contributed by atoms with E-state index in [0.29, 0.717) is 0 Å². The average molecular weight is 963 g/mol. The van der Waals surface area contributed by atoms with Gasteiger partial charge in [0.2, 0.25) is 0 Å². The Bertz CT molecular complexity index is 2740. The molecular weight excluding hydrogens is 908 g/mol. The van der Waals surface area contributed by atoms with Crippen LogP contribution in [0.25, 0.3) is 0 Å². The number of benzene rings is 8. The van der Waals surface area contributed by atoms with Crippen LogP contribution in [0.2, 0.25) is 10.1 Å². The fraction of sp³-hybridized carbons (Fsp3) is 0.153. The predicted molar refractivity (Wildman–Crippen MR) is 281 cm³/mol. The minimum absolute atomic E-state index is 0.0971. The third-order valence-electron chi connectivity index (χ3n) is 12.7. The van der Waals surface area contributed by atoms with Crippen LogP contribution in [-0.2, 0) is 5.41 Å². The topological polar surface area (TPSA) is 9.23 Å². The van der Waals surface area contributed by atoms with E-state index in [2.05, 4.69) is 300 Å². The molecule has 0 saturated carbocycles. The minimum Gasteiger partial charge on any atom is -0.534 e. The summed E-state index contributed by atoms with van der Waals surface area (Å²) in [5.41, 5.74) is 3.36. The van der Waals surface area contributed by atoms with Crippen molar-refractivity contribution in [2.75, 3.05) is 0 Å².